The second kappa shape index (κ2) is 6.69. The van der Waals surface area contributed by atoms with Crippen molar-refractivity contribution in [3.8, 4) is 5.75 Å². The van der Waals surface area contributed by atoms with E-state index in [1.807, 2.05) is 19.0 Å². The van der Waals surface area contributed by atoms with E-state index in [0.717, 1.165) is 12.6 Å². The predicted octanol–water partition coefficient (Wildman–Crippen LogP) is 1.62. The molecule has 0 spiro atoms. The third-order valence-corrected chi connectivity index (χ3v) is 2.42. The molecule has 0 atom stereocenters. The van der Waals surface area contributed by atoms with Gasteiger partial charge in [-0.1, -0.05) is 6.07 Å². The Labute approximate surface area is 110 Å². The van der Waals surface area contributed by atoms with E-state index in [4.69, 9.17) is 9.84 Å². The van der Waals surface area contributed by atoms with E-state index >= 15 is 0 Å². The van der Waals surface area contributed by atoms with Gasteiger partial charge in [0.15, 0.2) is 5.56 Å². The highest BCUT2D eigenvalue weighted by atomic mass is 16.6. The summed E-state index contributed by atoms with van der Waals surface area (Å²) in [6.07, 6.45) is 0.703. The quantitative estimate of drug-likeness (QED) is 0.459. The summed E-state index contributed by atoms with van der Waals surface area (Å²) < 4.78 is 5.33. The molecule has 0 aliphatic rings. The monoisotopic (exact) mass is 268 g/mol. The number of hydrogen-bond acceptors (Lipinski definition) is 5. The topological polar surface area (TPSA) is 92.9 Å². The van der Waals surface area contributed by atoms with Gasteiger partial charge >= 0.3 is 5.97 Å². The van der Waals surface area contributed by atoms with Crippen LogP contribution in [0.15, 0.2) is 18.2 Å². The molecular formula is C12H16N2O5. The Kier molecular flexibility index (Phi) is 5.25. The summed E-state index contributed by atoms with van der Waals surface area (Å²) in [6, 6.07) is 3.98. The largest absolute Gasteiger partial charge is 0.492 e. The average molecular weight is 268 g/mol. The van der Waals surface area contributed by atoms with Crippen molar-refractivity contribution in [3.63, 3.8) is 0 Å². The maximum absolute atomic E-state index is 11.1. The molecule has 1 rings (SSSR count). The fourth-order valence-corrected chi connectivity index (χ4v) is 1.57. The molecule has 0 radical (unpaired) electrons. The molecule has 0 amide bonds. The molecule has 104 valence electrons. The van der Waals surface area contributed by atoms with Crippen LogP contribution in [0.5, 0.6) is 5.75 Å². The fourth-order valence-electron chi connectivity index (χ4n) is 1.57. The summed E-state index contributed by atoms with van der Waals surface area (Å²) >= 11 is 0. The first-order valence-electron chi connectivity index (χ1n) is 5.71. The SMILES string of the molecule is CN(C)CCCOc1cccc([N+](=O)[O-])c1C(=O)O. The Bertz CT molecular complexity index is 473. The van der Waals surface area contributed by atoms with E-state index in [2.05, 4.69) is 0 Å². The Balaban J connectivity index is 2.85. The maximum Gasteiger partial charge on any atom is 0.346 e. The Hall–Kier alpha value is -2.15. The van der Waals surface area contributed by atoms with Gasteiger partial charge in [-0.05, 0) is 26.6 Å². The maximum atomic E-state index is 11.1. The van der Waals surface area contributed by atoms with Crippen molar-refractivity contribution in [2.45, 2.75) is 6.42 Å². The smallest absolute Gasteiger partial charge is 0.346 e. The van der Waals surface area contributed by atoms with Crippen molar-refractivity contribution in [1.82, 2.24) is 4.90 Å². The lowest BCUT2D eigenvalue weighted by molar-refractivity contribution is -0.385. The van der Waals surface area contributed by atoms with Crippen LogP contribution in [0.25, 0.3) is 0 Å². The molecule has 0 fully saturated rings. The number of hydrogen-bond donors (Lipinski definition) is 1. The molecule has 0 saturated heterocycles. The number of carbonyl (C=O) groups is 1. The number of nitrogens with zero attached hydrogens (tertiary/aromatic N) is 2. The van der Waals surface area contributed by atoms with Crippen LogP contribution in [0.3, 0.4) is 0 Å². The van der Waals surface area contributed by atoms with Crippen molar-refractivity contribution < 1.29 is 19.6 Å². The molecule has 0 unspecified atom stereocenters. The first kappa shape index (κ1) is 14.9. The van der Waals surface area contributed by atoms with Crippen LogP contribution in [0, 0.1) is 10.1 Å². The minimum Gasteiger partial charge on any atom is -0.492 e. The van der Waals surface area contributed by atoms with Crippen LogP contribution in [-0.2, 0) is 0 Å². The second-order valence-corrected chi connectivity index (χ2v) is 4.22. The number of benzene rings is 1. The highest BCUT2D eigenvalue weighted by Crippen LogP contribution is 2.28. The van der Waals surface area contributed by atoms with Crippen molar-refractivity contribution >= 4 is 11.7 Å². The molecule has 7 heteroatoms. The van der Waals surface area contributed by atoms with Crippen LogP contribution in [-0.4, -0.2) is 48.1 Å². The van der Waals surface area contributed by atoms with Crippen LogP contribution in [0.1, 0.15) is 16.8 Å². The predicted molar refractivity (Wildman–Crippen MR) is 68.7 cm³/mol. The van der Waals surface area contributed by atoms with Crippen LogP contribution < -0.4 is 4.74 Å². The number of nitro groups is 1. The van der Waals surface area contributed by atoms with E-state index in [-0.39, 0.29) is 5.75 Å². The molecule has 0 aromatic heterocycles. The van der Waals surface area contributed by atoms with Gasteiger partial charge in [0.25, 0.3) is 5.69 Å². The first-order valence-corrected chi connectivity index (χ1v) is 5.71. The Morgan fingerprint density at radius 1 is 1.47 bits per heavy atom. The number of carboxylic acids is 1. The molecule has 0 saturated carbocycles. The molecule has 1 aromatic carbocycles. The van der Waals surface area contributed by atoms with Crippen molar-refractivity contribution in [2.75, 3.05) is 27.2 Å². The molecule has 1 N–H and O–H groups in total. The van der Waals surface area contributed by atoms with Crippen molar-refractivity contribution in [2.24, 2.45) is 0 Å². The molecule has 19 heavy (non-hydrogen) atoms. The lowest BCUT2D eigenvalue weighted by Crippen LogP contribution is -2.16. The van der Waals surface area contributed by atoms with E-state index in [1.54, 1.807) is 0 Å². The van der Waals surface area contributed by atoms with Gasteiger partial charge in [0.2, 0.25) is 0 Å². The van der Waals surface area contributed by atoms with Gasteiger partial charge in [0.05, 0.1) is 11.5 Å². The van der Waals surface area contributed by atoms with Crippen LogP contribution in [0.4, 0.5) is 5.69 Å². The summed E-state index contributed by atoms with van der Waals surface area (Å²) in [6.45, 7) is 1.09. The average Bonchev–Trinajstić information content (AvgIpc) is 2.33. The summed E-state index contributed by atoms with van der Waals surface area (Å²) in [7, 11) is 3.83. The van der Waals surface area contributed by atoms with Gasteiger partial charge < -0.3 is 14.7 Å². The van der Waals surface area contributed by atoms with Gasteiger partial charge in [-0.25, -0.2) is 4.79 Å². The molecule has 7 nitrogen and oxygen atoms in total. The summed E-state index contributed by atoms with van der Waals surface area (Å²) in [4.78, 5) is 23.1. The zero-order valence-electron chi connectivity index (χ0n) is 10.8. The molecule has 0 heterocycles. The summed E-state index contributed by atoms with van der Waals surface area (Å²) in [5.41, 5.74) is -0.866. The third kappa shape index (κ3) is 4.22. The fraction of sp³-hybridized carbons (Fsp3) is 0.417. The van der Waals surface area contributed by atoms with E-state index < -0.39 is 22.1 Å². The summed E-state index contributed by atoms with van der Waals surface area (Å²) in [5.74, 6) is -1.34. The number of aromatic carboxylic acids is 1. The van der Waals surface area contributed by atoms with Gasteiger partial charge in [0, 0.05) is 12.6 Å². The lowest BCUT2D eigenvalue weighted by atomic mass is 10.1. The highest BCUT2D eigenvalue weighted by molar-refractivity contribution is 5.95. The lowest BCUT2D eigenvalue weighted by Gasteiger charge is -2.11. The van der Waals surface area contributed by atoms with Crippen LogP contribution >= 0.6 is 0 Å². The Morgan fingerprint density at radius 3 is 2.68 bits per heavy atom. The molecular weight excluding hydrogens is 252 g/mol. The van der Waals surface area contributed by atoms with E-state index in [1.165, 1.54) is 12.1 Å². The third-order valence-electron chi connectivity index (χ3n) is 2.42. The van der Waals surface area contributed by atoms with Gasteiger partial charge in [0.1, 0.15) is 5.75 Å². The minimum absolute atomic E-state index is 0.0282. The number of rotatable bonds is 7. The standard InChI is InChI=1S/C12H16N2O5/c1-13(2)7-4-8-19-10-6-3-5-9(14(17)18)11(10)12(15)16/h3,5-6H,4,7-8H2,1-2H3,(H,15,16). The summed E-state index contributed by atoms with van der Waals surface area (Å²) in [5, 5.41) is 19.8. The van der Waals surface area contributed by atoms with Crippen LogP contribution in [0.2, 0.25) is 0 Å². The zero-order chi connectivity index (χ0) is 14.4. The second-order valence-electron chi connectivity index (χ2n) is 4.22. The van der Waals surface area contributed by atoms with E-state index in [0.29, 0.717) is 13.0 Å². The number of carboxylic acid groups (broad SMARTS) is 1. The van der Waals surface area contributed by atoms with Crippen molar-refractivity contribution in [1.29, 1.82) is 0 Å². The Morgan fingerprint density at radius 2 is 2.16 bits per heavy atom. The highest BCUT2D eigenvalue weighted by Gasteiger charge is 2.24. The van der Waals surface area contributed by atoms with Gasteiger partial charge in [-0.2, -0.15) is 0 Å². The first-order chi connectivity index (χ1) is 8.93. The van der Waals surface area contributed by atoms with Gasteiger partial charge in [-0.15, -0.1) is 0 Å². The van der Waals surface area contributed by atoms with Gasteiger partial charge in [-0.3, -0.25) is 10.1 Å². The molecule has 0 aliphatic heterocycles. The number of ether oxygens (including phenoxy) is 1. The van der Waals surface area contributed by atoms with Crippen molar-refractivity contribution in [3.05, 3.63) is 33.9 Å². The molecule has 0 aliphatic carbocycles. The minimum atomic E-state index is -1.37. The molecule has 0 bridgehead atoms. The number of nitro benzene ring substituents is 1. The van der Waals surface area contributed by atoms with E-state index in [9.17, 15) is 14.9 Å². The zero-order valence-corrected chi connectivity index (χ0v) is 10.8. The molecule has 1 aromatic rings. The normalized spacial score (nSPS) is 10.5.